The molecule has 1 saturated carbocycles. The minimum Gasteiger partial charge on any atom is -0.324 e. The number of anilines is 1. The van der Waals surface area contributed by atoms with E-state index in [2.05, 4.69) is 5.32 Å². The van der Waals surface area contributed by atoms with E-state index < -0.39 is 16.3 Å². The average molecular weight is 287 g/mol. The molecule has 6 heteroatoms. The van der Waals surface area contributed by atoms with Crippen molar-refractivity contribution in [3.63, 3.8) is 0 Å². The minimum atomic E-state index is -0.974. The lowest BCUT2D eigenvalue weighted by molar-refractivity contribution is -0.118. The molecule has 98 valence electrons. The van der Waals surface area contributed by atoms with Crippen LogP contribution in [0.4, 0.5) is 5.69 Å². The Morgan fingerprint density at radius 3 is 2.78 bits per heavy atom. The standard InChI is InChI=1S/C12H15ClN2O2S/c1-18(17)7-8-6-9(2-3-10(8)13)15-11(16)12(14)4-5-12/h2-3,6H,4-5,7,14H2,1H3,(H,15,16). The van der Waals surface area contributed by atoms with Crippen LogP contribution in [0, 0.1) is 0 Å². The van der Waals surface area contributed by atoms with Gasteiger partial charge in [0.25, 0.3) is 0 Å². The first-order chi connectivity index (χ1) is 8.40. The van der Waals surface area contributed by atoms with Gasteiger partial charge in [0, 0.05) is 33.5 Å². The summed E-state index contributed by atoms with van der Waals surface area (Å²) in [5, 5.41) is 3.32. The maximum atomic E-state index is 11.8. The van der Waals surface area contributed by atoms with Crippen LogP contribution >= 0.6 is 11.6 Å². The van der Waals surface area contributed by atoms with Gasteiger partial charge in [0.05, 0.1) is 5.54 Å². The third-order valence-corrected chi connectivity index (χ3v) is 3.99. The summed E-state index contributed by atoms with van der Waals surface area (Å²) in [6.45, 7) is 0. The van der Waals surface area contributed by atoms with Gasteiger partial charge < -0.3 is 11.1 Å². The Hall–Kier alpha value is -0.910. The fourth-order valence-electron chi connectivity index (χ4n) is 1.60. The molecule has 1 aliphatic rings. The van der Waals surface area contributed by atoms with E-state index in [9.17, 15) is 9.00 Å². The van der Waals surface area contributed by atoms with Crippen molar-refractivity contribution in [3.05, 3.63) is 28.8 Å². The Bertz CT molecular complexity index is 515. The predicted octanol–water partition coefficient (Wildman–Crippen LogP) is 1.65. The zero-order chi connectivity index (χ0) is 13.3. The first-order valence-corrected chi connectivity index (χ1v) is 7.70. The van der Waals surface area contributed by atoms with Crippen LogP contribution in [0.5, 0.6) is 0 Å². The second kappa shape index (κ2) is 4.99. The maximum absolute atomic E-state index is 11.8. The summed E-state index contributed by atoms with van der Waals surface area (Å²) < 4.78 is 11.2. The van der Waals surface area contributed by atoms with Crippen LogP contribution in [-0.2, 0) is 21.3 Å². The van der Waals surface area contributed by atoms with Gasteiger partial charge in [-0.05, 0) is 36.6 Å². The number of hydrogen-bond acceptors (Lipinski definition) is 3. The molecule has 0 spiro atoms. The first-order valence-electron chi connectivity index (χ1n) is 5.59. The largest absolute Gasteiger partial charge is 0.324 e. The Morgan fingerprint density at radius 1 is 1.56 bits per heavy atom. The Labute approximate surface area is 113 Å². The molecule has 1 fully saturated rings. The van der Waals surface area contributed by atoms with E-state index in [4.69, 9.17) is 17.3 Å². The van der Waals surface area contributed by atoms with Crippen molar-refractivity contribution in [2.24, 2.45) is 5.73 Å². The van der Waals surface area contributed by atoms with Gasteiger partial charge in [-0.25, -0.2) is 0 Å². The van der Waals surface area contributed by atoms with Gasteiger partial charge in [-0.3, -0.25) is 9.00 Å². The fraction of sp³-hybridized carbons (Fsp3) is 0.417. The Kier molecular flexibility index (Phi) is 3.75. The predicted molar refractivity (Wildman–Crippen MR) is 74.0 cm³/mol. The summed E-state index contributed by atoms with van der Waals surface area (Å²) in [4.78, 5) is 11.8. The molecule has 4 nitrogen and oxygen atoms in total. The maximum Gasteiger partial charge on any atom is 0.244 e. The number of benzene rings is 1. The lowest BCUT2D eigenvalue weighted by atomic mass is 10.2. The van der Waals surface area contributed by atoms with Gasteiger partial charge in [0.15, 0.2) is 0 Å². The molecular weight excluding hydrogens is 272 g/mol. The van der Waals surface area contributed by atoms with E-state index in [1.807, 2.05) is 0 Å². The summed E-state index contributed by atoms with van der Waals surface area (Å²) >= 11 is 6.01. The third kappa shape index (κ3) is 3.10. The van der Waals surface area contributed by atoms with E-state index in [0.29, 0.717) is 16.5 Å². The van der Waals surface area contributed by atoms with Crippen LogP contribution in [0.1, 0.15) is 18.4 Å². The number of hydrogen-bond donors (Lipinski definition) is 2. The molecule has 0 aliphatic heterocycles. The Balaban J connectivity index is 2.14. The van der Waals surface area contributed by atoms with Crippen molar-refractivity contribution in [2.45, 2.75) is 24.1 Å². The van der Waals surface area contributed by atoms with E-state index in [1.165, 1.54) is 0 Å². The molecule has 0 radical (unpaired) electrons. The molecular formula is C12H15ClN2O2S. The molecule has 0 heterocycles. The van der Waals surface area contributed by atoms with Gasteiger partial charge in [-0.2, -0.15) is 0 Å². The highest BCUT2D eigenvalue weighted by Crippen LogP contribution is 2.33. The lowest BCUT2D eigenvalue weighted by Crippen LogP contribution is -2.37. The average Bonchev–Trinajstić information content (AvgIpc) is 3.02. The van der Waals surface area contributed by atoms with Gasteiger partial charge in [-0.1, -0.05) is 11.6 Å². The number of carbonyl (C=O) groups is 1. The number of carbonyl (C=O) groups excluding carboxylic acids is 1. The highest BCUT2D eigenvalue weighted by Gasteiger charge is 2.45. The van der Waals surface area contributed by atoms with Crippen molar-refractivity contribution in [2.75, 3.05) is 11.6 Å². The summed E-state index contributed by atoms with van der Waals surface area (Å²) in [7, 11) is -0.974. The molecule has 1 unspecified atom stereocenters. The second-order valence-electron chi connectivity index (χ2n) is 4.63. The SMILES string of the molecule is CS(=O)Cc1cc(NC(=O)C2(N)CC2)ccc1Cl. The van der Waals surface area contributed by atoms with Crippen LogP contribution in [0.3, 0.4) is 0 Å². The summed E-state index contributed by atoms with van der Waals surface area (Å²) in [5.41, 5.74) is 6.50. The number of nitrogens with one attached hydrogen (secondary N) is 1. The molecule has 1 aromatic rings. The molecule has 1 atom stereocenters. The van der Waals surface area contributed by atoms with Gasteiger partial charge >= 0.3 is 0 Å². The normalized spacial score (nSPS) is 18.2. The zero-order valence-electron chi connectivity index (χ0n) is 10.0. The molecule has 1 aromatic carbocycles. The molecule has 0 aromatic heterocycles. The number of nitrogens with two attached hydrogens (primary N) is 1. The molecule has 18 heavy (non-hydrogen) atoms. The highest BCUT2D eigenvalue weighted by atomic mass is 35.5. The van der Waals surface area contributed by atoms with Crippen LogP contribution in [0.2, 0.25) is 5.02 Å². The van der Waals surface area contributed by atoms with Gasteiger partial charge in [0.2, 0.25) is 5.91 Å². The van der Waals surface area contributed by atoms with Crippen molar-refractivity contribution in [3.8, 4) is 0 Å². The molecule has 3 N–H and O–H groups in total. The fourth-order valence-corrected chi connectivity index (χ4v) is 2.54. The van der Waals surface area contributed by atoms with E-state index in [-0.39, 0.29) is 5.91 Å². The molecule has 2 rings (SSSR count). The van der Waals surface area contributed by atoms with E-state index in [1.54, 1.807) is 24.5 Å². The molecule has 0 bridgehead atoms. The molecule has 0 saturated heterocycles. The van der Waals surface area contributed by atoms with Crippen LogP contribution in [-0.4, -0.2) is 21.9 Å². The lowest BCUT2D eigenvalue weighted by Gasteiger charge is -2.11. The zero-order valence-corrected chi connectivity index (χ0v) is 11.6. The monoisotopic (exact) mass is 286 g/mol. The van der Waals surface area contributed by atoms with E-state index >= 15 is 0 Å². The second-order valence-corrected chi connectivity index (χ2v) is 6.48. The summed E-state index contributed by atoms with van der Waals surface area (Å²) in [5.74, 6) is 0.199. The third-order valence-electron chi connectivity index (χ3n) is 2.90. The van der Waals surface area contributed by atoms with E-state index in [0.717, 1.165) is 18.4 Å². The van der Waals surface area contributed by atoms with Crippen molar-refractivity contribution in [1.29, 1.82) is 0 Å². The van der Waals surface area contributed by atoms with Crippen LogP contribution in [0.15, 0.2) is 18.2 Å². The van der Waals surface area contributed by atoms with Crippen LogP contribution in [0.25, 0.3) is 0 Å². The van der Waals surface area contributed by atoms with Crippen molar-refractivity contribution in [1.82, 2.24) is 0 Å². The number of rotatable bonds is 4. The first kappa shape index (κ1) is 13.5. The smallest absolute Gasteiger partial charge is 0.244 e. The highest BCUT2D eigenvalue weighted by molar-refractivity contribution is 7.83. The Morgan fingerprint density at radius 2 is 2.22 bits per heavy atom. The number of amides is 1. The summed E-state index contributed by atoms with van der Waals surface area (Å²) in [6, 6.07) is 5.15. The van der Waals surface area contributed by atoms with Crippen LogP contribution < -0.4 is 11.1 Å². The molecule has 1 amide bonds. The quantitative estimate of drug-likeness (QED) is 0.884. The van der Waals surface area contributed by atoms with Gasteiger partial charge in [-0.15, -0.1) is 0 Å². The van der Waals surface area contributed by atoms with Crippen molar-refractivity contribution < 1.29 is 9.00 Å². The van der Waals surface area contributed by atoms with Gasteiger partial charge in [0.1, 0.15) is 0 Å². The number of halogens is 1. The van der Waals surface area contributed by atoms with Crippen molar-refractivity contribution >= 4 is 34.0 Å². The summed E-state index contributed by atoms with van der Waals surface area (Å²) in [6.07, 6.45) is 3.05. The minimum absolute atomic E-state index is 0.173. The topological polar surface area (TPSA) is 72.2 Å². The molecule has 1 aliphatic carbocycles.